The highest BCUT2D eigenvalue weighted by Crippen LogP contribution is 2.29. The fraction of sp³-hybridized carbons (Fsp3) is 0.273. The van der Waals surface area contributed by atoms with E-state index in [4.69, 9.17) is 9.15 Å². The lowest BCUT2D eigenvalue weighted by Gasteiger charge is -2.32. The van der Waals surface area contributed by atoms with Gasteiger partial charge in [-0.2, -0.15) is 5.10 Å². The van der Waals surface area contributed by atoms with Crippen molar-refractivity contribution in [3.05, 3.63) is 53.6 Å². The summed E-state index contributed by atoms with van der Waals surface area (Å²) in [5, 5.41) is 13.6. The molecule has 8 heteroatoms. The number of hydrogen-bond donors (Lipinski definition) is 2. The maximum Gasteiger partial charge on any atom is 0.287 e. The van der Waals surface area contributed by atoms with Crippen LogP contribution in [0.5, 0.6) is 5.75 Å². The molecule has 0 unspecified atom stereocenters. The molecule has 30 heavy (non-hydrogen) atoms. The van der Waals surface area contributed by atoms with Crippen LogP contribution in [0.3, 0.4) is 0 Å². The number of aromatic amines is 1. The largest absolute Gasteiger partial charge is 0.493 e. The first kappa shape index (κ1) is 18.7. The zero-order valence-corrected chi connectivity index (χ0v) is 17.4. The van der Waals surface area contributed by atoms with Gasteiger partial charge in [-0.25, -0.2) is 0 Å². The second-order valence-electron chi connectivity index (χ2n) is 7.34. The fourth-order valence-corrected chi connectivity index (χ4v) is 4.54. The molecule has 1 fully saturated rings. The predicted molar refractivity (Wildman–Crippen MR) is 117 cm³/mol. The molecule has 1 saturated heterocycles. The number of methoxy groups -OCH3 is 1. The number of para-hydroxylation sites is 1. The number of hydrogen-bond acceptors (Lipinski definition) is 6. The lowest BCUT2D eigenvalue weighted by atomic mass is 10.0. The van der Waals surface area contributed by atoms with Crippen molar-refractivity contribution in [2.24, 2.45) is 0 Å². The SMILES string of the molecule is COc1cccc2cc(C(=O)NC3CCN(c4cc(-c5cccs5)[nH]n4)CC3)oc12. The van der Waals surface area contributed by atoms with Crippen LogP contribution in [0.1, 0.15) is 23.4 Å². The summed E-state index contributed by atoms with van der Waals surface area (Å²) in [6, 6.07) is 13.7. The Bertz CT molecular complexity index is 1160. The average molecular weight is 423 g/mol. The van der Waals surface area contributed by atoms with E-state index in [1.165, 1.54) is 4.88 Å². The normalized spacial score (nSPS) is 14.9. The van der Waals surface area contributed by atoms with Crippen LogP contribution in [0.2, 0.25) is 0 Å². The number of thiophene rings is 1. The van der Waals surface area contributed by atoms with Gasteiger partial charge in [-0.3, -0.25) is 9.89 Å². The van der Waals surface area contributed by atoms with Crippen LogP contribution in [-0.4, -0.2) is 42.3 Å². The van der Waals surface area contributed by atoms with E-state index in [9.17, 15) is 4.79 Å². The van der Waals surface area contributed by atoms with Crippen LogP contribution >= 0.6 is 11.3 Å². The van der Waals surface area contributed by atoms with Crippen molar-refractivity contribution in [2.45, 2.75) is 18.9 Å². The molecule has 1 amide bonds. The molecule has 1 aliphatic heterocycles. The van der Waals surface area contributed by atoms with Crippen molar-refractivity contribution >= 4 is 34.0 Å². The molecule has 0 radical (unpaired) electrons. The van der Waals surface area contributed by atoms with Crippen molar-refractivity contribution in [3.63, 3.8) is 0 Å². The lowest BCUT2D eigenvalue weighted by Crippen LogP contribution is -2.44. The Kier molecular flexibility index (Phi) is 4.92. The number of nitrogens with one attached hydrogen (secondary N) is 2. The number of ether oxygens (including phenoxy) is 1. The van der Waals surface area contributed by atoms with Gasteiger partial charge in [-0.15, -0.1) is 11.3 Å². The summed E-state index contributed by atoms with van der Waals surface area (Å²) in [6.07, 6.45) is 1.72. The van der Waals surface area contributed by atoms with Gasteiger partial charge in [-0.05, 0) is 36.4 Å². The molecule has 0 bridgehead atoms. The van der Waals surface area contributed by atoms with Gasteiger partial charge in [-0.1, -0.05) is 18.2 Å². The molecule has 1 aliphatic rings. The first-order valence-electron chi connectivity index (χ1n) is 9.93. The molecular weight excluding hydrogens is 400 g/mol. The zero-order valence-electron chi connectivity index (χ0n) is 16.6. The summed E-state index contributed by atoms with van der Waals surface area (Å²) in [5.74, 6) is 1.70. The van der Waals surface area contributed by atoms with Gasteiger partial charge < -0.3 is 19.4 Å². The molecule has 7 nitrogen and oxygen atoms in total. The summed E-state index contributed by atoms with van der Waals surface area (Å²) < 4.78 is 11.1. The van der Waals surface area contributed by atoms with Crippen molar-refractivity contribution in [1.82, 2.24) is 15.5 Å². The van der Waals surface area contributed by atoms with E-state index in [0.717, 1.165) is 42.8 Å². The molecule has 0 saturated carbocycles. The average Bonchev–Trinajstić information content (AvgIpc) is 3.53. The third-order valence-corrected chi connectivity index (χ3v) is 6.36. The molecule has 0 spiro atoms. The van der Waals surface area contributed by atoms with Crippen LogP contribution in [0, 0.1) is 0 Å². The molecule has 4 aromatic rings. The van der Waals surface area contributed by atoms with Crippen LogP contribution in [0.15, 0.2) is 52.3 Å². The summed E-state index contributed by atoms with van der Waals surface area (Å²) in [4.78, 5) is 16.1. The smallest absolute Gasteiger partial charge is 0.287 e. The molecule has 154 valence electrons. The van der Waals surface area contributed by atoms with Gasteiger partial charge >= 0.3 is 0 Å². The number of amides is 1. The van der Waals surface area contributed by atoms with Gasteiger partial charge in [0.2, 0.25) is 0 Å². The second-order valence-corrected chi connectivity index (χ2v) is 8.29. The molecule has 2 N–H and O–H groups in total. The summed E-state index contributed by atoms with van der Waals surface area (Å²) >= 11 is 1.69. The molecule has 0 aliphatic carbocycles. The van der Waals surface area contributed by atoms with E-state index in [-0.39, 0.29) is 11.9 Å². The second kappa shape index (κ2) is 7.87. The Hall–Kier alpha value is -3.26. The van der Waals surface area contributed by atoms with Crippen molar-refractivity contribution in [1.29, 1.82) is 0 Å². The van der Waals surface area contributed by atoms with E-state index >= 15 is 0 Å². The minimum atomic E-state index is -0.188. The van der Waals surface area contributed by atoms with Gasteiger partial charge in [0.05, 0.1) is 17.7 Å². The van der Waals surface area contributed by atoms with Gasteiger partial charge in [0.1, 0.15) is 0 Å². The van der Waals surface area contributed by atoms with Gasteiger partial charge in [0, 0.05) is 30.6 Å². The monoisotopic (exact) mass is 422 g/mol. The Balaban J connectivity index is 1.21. The van der Waals surface area contributed by atoms with E-state index in [1.54, 1.807) is 24.5 Å². The number of nitrogens with zero attached hydrogens (tertiary/aromatic N) is 2. The highest BCUT2D eigenvalue weighted by atomic mass is 32.1. The Morgan fingerprint density at radius 2 is 2.13 bits per heavy atom. The number of fused-ring (bicyclic) bond motifs is 1. The number of furan rings is 1. The maximum absolute atomic E-state index is 12.7. The number of anilines is 1. The summed E-state index contributed by atoms with van der Waals surface area (Å²) in [5.41, 5.74) is 1.63. The molecular formula is C22H22N4O3S. The number of rotatable bonds is 5. The first-order valence-corrected chi connectivity index (χ1v) is 10.8. The maximum atomic E-state index is 12.7. The minimum absolute atomic E-state index is 0.111. The highest BCUT2D eigenvalue weighted by molar-refractivity contribution is 7.13. The standard InChI is InChI=1S/C22H22N4O3S/c1-28-17-5-2-4-14-12-18(29-21(14)17)22(27)23-15-7-9-26(10-8-15)20-13-16(24-25-20)19-6-3-11-30-19/h2-6,11-13,15H,7-10H2,1H3,(H,23,27)(H,24,25). The fourth-order valence-electron chi connectivity index (χ4n) is 3.85. The number of benzene rings is 1. The van der Waals surface area contributed by atoms with Gasteiger partial charge in [0.25, 0.3) is 5.91 Å². The highest BCUT2D eigenvalue weighted by Gasteiger charge is 2.24. The van der Waals surface area contributed by atoms with Gasteiger partial charge in [0.15, 0.2) is 22.9 Å². The Morgan fingerprint density at radius 3 is 2.90 bits per heavy atom. The number of carbonyl (C=O) groups is 1. The lowest BCUT2D eigenvalue weighted by molar-refractivity contribution is 0.0905. The van der Waals surface area contributed by atoms with E-state index in [2.05, 4.69) is 37.9 Å². The van der Waals surface area contributed by atoms with Crippen LogP contribution in [0.25, 0.3) is 21.5 Å². The van der Waals surface area contributed by atoms with E-state index < -0.39 is 0 Å². The molecule has 0 atom stereocenters. The van der Waals surface area contributed by atoms with Crippen molar-refractivity contribution < 1.29 is 13.9 Å². The number of piperidine rings is 1. The zero-order chi connectivity index (χ0) is 20.5. The summed E-state index contributed by atoms with van der Waals surface area (Å²) in [7, 11) is 1.59. The summed E-state index contributed by atoms with van der Waals surface area (Å²) in [6.45, 7) is 1.68. The van der Waals surface area contributed by atoms with Crippen LogP contribution in [-0.2, 0) is 0 Å². The molecule has 4 heterocycles. The third kappa shape index (κ3) is 3.54. The van der Waals surface area contributed by atoms with E-state index in [0.29, 0.717) is 17.1 Å². The minimum Gasteiger partial charge on any atom is -0.493 e. The predicted octanol–water partition coefficient (Wildman–Crippen LogP) is 4.29. The molecule has 1 aromatic carbocycles. The Morgan fingerprint density at radius 1 is 1.27 bits per heavy atom. The molecule has 3 aromatic heterocycles. The third-order valence-electron chi connectivity index (χ3n) is 5.46. The number of carbonyl (C=O) groups excluding carboxylic acids is 1. The Labute approximate surface area is 177 Å². The van der Waals surface area contributed by atoms with Crippen LogP contribution < -0.4 is 15.0 Å². The first-order chi connectivity index (χ1) is 14.7. The number of H-pyrrole nitrogens is 1. The number of aromatic nitrogens is 2. The quantitative estimate of drug-likeness (QED) is 0.501. The van der Waals surface area contributed by atoms with Crippen molar-refractivity contribution in [3.8, 4) is 16.3 Å². The topological polar surface area (TPSA) is 83.4 Å². The van der Waals surface area contributed by atoms with Crippen molar-refractivity contribution in [2.75, 3.05) is 25.1 Å². The molecule has 5 rings (SSSR count). The van der Waals surface area contributed by atoms with Crippen LogP contribution in [0.4, 0.5) is 5.82 Å². The van der Waals surface area contributed by atoms with E-state index in [1.807, 2.05) is 24.3 Å².